The largest absolute Gasteiger partial charge is 0.325 e. The Bertz CT molecular complexity index is 678. The molecule has 0 atom stereocenters. The van der Waals surface area contributed by atoms with Crippen LogP contribution in [0.15, 0.2) is 36.5 Å². The molecule has 0 radical (unpaired) electrons. The van der Waals surface area contributed by atoms with Crippen molar-refractivity contribution in [1.29, 1.82) is 0 Å². The van der Waals surface area contributed by atoms with Gasteiger partial charge < -0.3 is 5.32 Å². The highest BCUT2D eigenvalue weighted by molar-refractivity contribution is 5.98. The first-order chi connectivity index (χ1) is 9.79. The van der Waals surface area contributed by atoms with Crippen molar-refractivity contribution < 1.29 is 13.6 Å². The van der Waals surface area contributed by atoms with Crippen molar-refractivity contribution >= 4 is 11.6 Å². The lowest BCUT2D eigenvalue weighted by Gasteiger charge is -2.19. The molecule has 0 saturated heterocycles. The molecule has 1 heterocycles. The molecule has 0 spiro atoms. The van der Waals surface area contributed by atoms with Crippen LogP contribution < -0.4 is 5.32 Å². The first-order valence-corrected chi connectivity index (χ1v) is 6.51. The fraction of sp³-hybridized carbons (Fsp3) is 0.250. The molecule has 1 amide bonds. The van der Waals surface area contributed by atoms with Gasteiger partial charge in [0, 0.05) is 17.2 Å². The van der Waals surface area contributed by atoms with Crippen LogP contribution in [0.1, 0.15) is 20.8 Å². The molecular weight excluding hydrogens is 274 g/mol. The molecule has 0 aliphatic heterocycles. The summed E-state index contributed by atoms with van der Waals surface area (Å²) in [7, 11) is 0. The molecule has 5 heteroatoms. The van der Waals surface area contributed by atoms with Gasteiger partial charge in [-0.05, 0) is 30.3 Å². The molecule has 2 aromatic rings. The van der Waals surface area contributed by atoms with E-state index in [9.17, 15) is 13.6 Å². The molecule has 0 bridgehead atoms. The van der Waals surface area contributed by atoms with Crippen LogP contribution in [0, 0.1) is 17.0 Å². The Labute approximate surface area is 122 Å². The third-order valence-corrected chi connectivity index (χ3v) is 2.92. The zero-order chi connectivity index (χ0) is 15.6. The number of carbonyl (C=O) groups is 1. The topological polar surface area (TPSA) is 42.0 Å². The number of benzene rings is 1. The van der Waals surface area contributed by atoms with E-state index in [2.05, 4.69) is 10.3 Å². The molecule has 1 aromatic carbocycles. The van der Waals surface area contributed by atoms with Crippen molar-refractivity contribution in [2.45, 2.75) is 20.8 Å². The van der Waals surface area contributed by atoms with E-state index in [0.29, 0.717) is 5.56 Å². The van der Waals surface area contributed by atoms with Crippen LogP contribution in [-0.2, 0) is 4.79 Å². The van der Waals surface area contributed by atoms with E-state index in [1.807, 2.05) is 0 Å². The van der Waals surface area contributed by atoms with Gasteiger partial charge in [-0.1, -0.05) is 20.8 Å². The standard InChI is InChI=1S/C16H16F2N2O/c1-16(2,3)15(21)20-13-9-10(17)6-7-11(13)14-12(18)5-4-8-19-14/h4-9H,1-3H3,(H,20,21). The predicted octanol–water partition coefficient (Wildman–Crippen LogP) is 4.01. The number of carbonyl (C=O) groups excluding carboxylic acids is 1. The summed E-state index contributed by atoms with van der Waals surface area (Å²) in [6.45, 7) is 5.22. The Morgan fingerprint density at radius 1 is 1.19 bits per heavy atom. The predicted molar refractivity (Wildman–Crippen MR) is 77.7 cm³/mol. The Morgan fingerprint density at radius 2 is 1.90 bits per heavy atom. The van der Waals surface area contributed by atoms with Crippen molar-refractivity contribution in [2.75, 3.05) is 5.32 Å². The van der Waals surface area contributed by atoms with Crippen LogP contribution in [0.3, 0.4) is 0 Å². The smallest absolute Gasteiger partial charge is 0.229 e. The number of hydrogen-bond acceptors (Lipinski definition) is 2. The molecule has 110 valence electrons. The monoisotopic (exact) mass is 290 g/mol. The van der Waals surface area contributed by atoms with Gasteiger partial charge >= 0.3 is 0 Å². The number of pyridine rings is 1. The second kappa shape index (κ2) is 5.60. The summed E-state index contributed by atoms with van der Waals surface area (Å²) in [5, 5.41) is 2.63. The molecule has 1 aromatic heterocycles. The lowest BCUT2D eigenvalue weighted by atomic mass is 9.95. The van der Waals surface area contributed by atoms with Crippen LogP contribution in [0.25, 0.3) is 11.3 Å². The van der Waals surface area contributed by atoms with E-state index < -0.39 is 17.0 Å². The van der Waals surface area contributed by atoms with E-state index >= 15 is 0 Å². The van der Waals surface area contributed by atoms with Crippen molar-refractivity contribution in [2.24, 2.45) is 5.41 Å². The average Bonchev–Trinajstić information content (AvgIpc) is 2.39. The second-order valence-corrected chi connectivity index (χ2v) is 5.73. The number of aromatic nitrogens is 1. The number of hydrogen-bond donors (Lipinski definition) is 1. The lowest BCUT2D eigenvalue weighted by molar-refractivity contribution is -0.123. The van der Waals surface area contributed by atoms with E-state index in [0.717, 1.165) is 6.07 Å². The van der Waals surface area contributed by atoms with Gasteiger partial charge in [0.05, 0.1) is 5.69 Å². The third-order valence-electron chi connectivity index (χ3n) is 2.92. The van der Waals surface area contributed by atoms with Gasteiger partial charge in [-0.2, -0.15) is 0 Å². The molecule has 0 aliphatic rings. The molecule has 0 aliphatic carbocycles. The second-order valence-electron chi connectivity index (χ2n) is 5.73. The highest BCUT2D eigenvalue weighted by atomic mass is 19.1. The Morgan fingerprint density at radius 3 is 2.52 bits per heavy atom. The summed E-state index contributed by atoms with van der Waals surface area (Å²) >= 11 is 0. The number of amides is 1. The van der Waals surface area contributed by atoms with Gasteiger partial charge in [0.15, 0.2) is 0 Å². The van der Waals surface area contributed by atoms with Gasteiger partial charge in [-0.15, -0.1) is 0 Å². The highest BCUT2D eigenvalue weighted by Crippen LogP contribution is 2.30. The van der Waals surface area contributed by atoms with Crippen LogP contribution in [0.4, 0.5) is 14.5 Å². The zero-order valence-electron chi connectivity index (χ0n) is 12.1. The summed E-state index contributed by atoms with van der Waals surface area (Å²) in [5.74, 6) is -1.33. The Kier molecular flexibility index (Phi) is 4.02. The number of rotatable bonds is 2. The SMILES string of the molecule is CC(C)(C)C(=O)Nc1cc(F)ccc1-c1ncccc1F. The van der Waals surface area contributed by atoms with E-state index in [1.165, 1.54) is 30.5 Å². The molecule has 3 nitrogen and oxygen atoms in total. The third kappa shape index (κ3) is 3.42. The first kappa shape index (κ1) is 15.1. The molecule has 21 heavy (non-hydrogen) atoms. The van der Waals surface area contributed by atoms with Crippen LogP contribution >= 0.6 is 0 Å². The van der Waals surface area contributed by atoms with Gasteiger partial charge in [0.1, 0.15) is 17.3 Å². The minimum Gasteiger partial charge on any atom is -0.325 e. The normalized spacial score (nSPS) is 11.3. The molecule has 1 N–H and O–H groups in total. The number of nitrogens with one attached hydrogen (secondary N) is 1. The quantitative estimate of drug-likeness (QED) is 0.908. The molecule has 0 fully saturated rings. The van der Waals surface area contributed by atoms with Gasteiger partial charge in [0.25, 0.3) is 0 Å². The molecule has 2 rings (SSSR count). The van der Waals surface area contributed by atoms with Crippen molar-refractivity contribution in [3.8, 4) is 11.3 Å². The number of halogens is 2. The van der Waals surface area contributed by atoms with Gasteiger partial charge in [-0.3, -0.25) is 9.78 Å². The number of anilines is 1. The van der Waals surface area contributed by atoms with Crippen LogP contribution in [-0.4, -0.2) is 10.9 Å². The van der Waals surface area contributed by atoms with Crippen molar-refractivity contribution in [1.82, 2.24) is 4.98 Å². The van der Waals surface area contributed by atoms with Crippen LogP contribution in [0.2, 0.25) is 0 Å². The van der Waals surface area contributed by atoms with E-state index in [-0.39, 0.29) is 17.3 Å². The highest BCUT2D eigenvalue weighted by Gasteiger charge is 2.23. The fourth-order valence-electron chi connectivity index (χ4n) is 1.72. The summed E-state index contributed by atoms with van der Waals surface area (Å²) in [6.07, 6.45) is 1.44. The molecule has 0 unspecified atom stereocenters. The summed E-state index contributed by atoms with van der Waals surface area (Å²) in [5.41, 5.74) is -0.0342. The minimum atomic E-state index is -0.647. The Hall–Kier alpha value is -2.30. The number of nitrogens with zero attached hydrogens (tertiary/aromatic N) is 1. The summed E-state index contributed by atoms with van der Waals surface area (Å²) in [4.78, 5) is 16.0. The molecular formula is C16H16F2N2O. The maximum Gasteiger partial charge on any atom is 0.229 e. The van der Waals surface area contributed by atoms with E-state index in [1.54, 1.807) is 20.8 Å². The Balaban J connectivity index is 2.49. The lowest BCUT2D eigenvalue weighted by Crippen LogP contribution is -2.28. The molecule has 0 saturated carbocycles. The first-order valence-electron chi connectivity index (χ1n) is 6.51. The summed E-state index contributed by atoms with van der Waals surface area (Å²) in [6, 6.07) is 6.50. The fourth-order valence-corrected chi connectivity index (χ4v) is 1.72. The average molecular weight is 290 g/mol. The van der Waals surface area contributed by atoms with Crippen LogP contribution in [0.5, 0.6) is 0 Å². The maximum absolute atomic E-state index is 13.9. The van der Waals surface area contributed by atoms with Crippen molar-refractivity contribution in [3.63, 3.8) is 0 Å². The van der Waals surface area contributed by atoms with E-state index in [4.69, 9.17) is 0 Å². The minimum absolute atomic E-state index is 0.0710. The van der Waals surface area contributed by atoms with Crippen molar-refractivity contribution in [3.05, 3.63) is 48.2 Å². The maximum atomic E-state index is 13.9. The summed E-state index contributed by atoms with van der Waals surface area (Å²) < 4.78 is 27.3. The zero-order valence-corrected chi connectivity index (χ0v) is 12.1. The van der Waals surface area contributed by atoms with Gasteiger partial charge in [0.2, 0.25) is 5.91 Å². The van der Waals surface area contributed by atoms with Gasteiger partial charge in [-0.25, -0.2) is 8.78 Å².